The Balaban J connectivity index is 1.67. The number of aromatic nitrogens is 2. The summed E-state index contributed by atoms with van der Waals surface area (Å²) in [6, 6.07) is 12.3. The third kappa shape index (κ3) is 4.33. The summed E-state index contributed by atoms with van der Waals surface area (Å²) in [5.41, 5.74) is 1.51. The van der Waals surface area contributed by atoms with Gasteiger partial charge >= 0.3 is 5.97 Å². The first-order valence-electron chi connectivity index (χ1n) is 7.26. The van der Waals surface area contributed by atoms with E-state index in [0.29, 0.717) is 17.4 Å². The molecule has 25 heavy (non-hydrogen) atoms. The molecule has 0 saturated heterocycles. The Kier molecular flexibility index (Phi) is 5.25. The van der Waals surface area contributed by atoms with Crippen LogP contribution in [0.3, 0.4) is 0 Å². The number of carbonyl (C=O) groups excluding carboxylic acids is 1. The zero-order valence-electron chi connectivity index (χ0n) is 13.2. The highest BCUT2D eigenvalue weighted by Gasteiger charge is 2.06. The highest BCUT2D eigenvalue weighted by Crippen LogP contribution is 2.24. The first-order valence-corrected chi connectivity index (χ1v) is 8.05. The van der Waals surface area contributed by atoms with E-state index in [2.05, 4.69) is 26.1 Å². The van der Waals surface area contributed by atoms with Gasteiger partial charge in [0.05, 0.1) is 7.11 Å². The summed E-state index contributed by atoms with van der Waals surface area (Å²) in [5, 5.41) is 7.43. The van der Waals surface area contributed by atoms with E-state index in [0.717, 1.165) is 15.6 Å². The molecule has 0 amide bonds. The molecule has 126 valence electrons. The molecule has 1 aromatic heterocycles. The summed E-state index contributed by atoms with van der Waals surface area (Å²) in [4.78, 5) is 12.0. The molecule has 0 unspecified atom stereocenters. The molecule has 0 bridgehead atoms. The number of esters is 1. The zero-order chi connectivity index (χ0) is 17.6. The number of hydrogen-bond donors (Lipinski definition) is 0. The van der Waals surface area contributed by atoms with Crippen molar-refractivity contribution in [2.75, 3.05) is 7.11 Å². The summed E-state index contributed by atoms with van der Waals surface area (Å²) in [7, 11) is 1.57. The molecule has 0 aliphatic rings. The van der Waals surface area contributed by atoms with E-state index in [1.165, 1.54) is 12.5 Å². The predicted molar refractivity (Wildman–Crippen MR) is 95.1 cm³/mol. The van der Waals surface area contributed by atoms with Crippen molar-refractivity contribution in [1.82, 2.24) is 10.2 Å². The van der Waals surface area contributed by atoms with E-state index in [-0.39, 0.29) is 0 Å². The minimum Gasteiger partial charge on any atom is -0.496 e. The second-order valence-corrected chi connectivity index (χ2v) is 5.82. The summed E-state index contributed by atoms with van der Waals surface area (Å²) < 4.78 is 16.5. The largest absolute Gasteiger partial charge is 0.496 e. The van der Waals surface area contributed by atoms with Crippen LogP contribution in [0.1, 0.15) is 5.56 Å². The van der Waals surface area contributed by atoms with Gasteiger partial charge in [0.1, 0.15) is 11.5 Å². The number of benzene rings is 2. The molecule has 0 aliphatic heterocycles. The Morgan fingerprint density at radius 1 is 1.20 bits per heavy atom. The highest BCUT2D eigenvalue weighted by molar-refractivity contribution is 9.10. The van der Waals surface area contributed by atoms with Crippen molar-refractivity contribution in [3.05, 3.63) is 65.0 Å². The standard InChI is InChI=1S/C18H13BrN2O4/c1-23-16-8-5-14(19)10-13(16)4-9-17(22)25-15-6-2-12(3-7-15)18-21-20-11-24-18/h2-11H,1H3. The second-order valence-electron chi connectivity index (χ2n) is 4.91. The fraction of sp³-hybridized carbons (Fsp3) is 0.0556. The second kappa shape index (κ2) is 7.76. The van der Waals surface area contributed by atoms with Crippen LogP contribution in [-0.4, -0.2) is 23.3 Å². The van der Waals surface area contributed by atoms with E-state index < -0.39 is 5.97 Å². The average Bonchev–Trinajstić information content (AvgIpc) is 3.15. The normalized spacial score (nSPS) is 10.8. The molecule has 0 N–H and O–H groups in total. The molecule has 0 spiro atoms. The van der Waals surface area contributed by atoms with Gasteiger partial charge in [0, 0.05) is 21.7 Å². The van der Waals surface area contributed by atoms with E-state index in [1.807, 2.05) is 18.2 Å². The number of methoxy groups -OCH3 is 1. The molecule has 0 fully saturated rings. The van der Waals surface area contributed by atoms with Gasteiger partial charge in [-0.25, -0.2) is 4.79 Å². The van der Waals surface area contributed by atoms with Crippen molar-refractivity contribution in [2.45, 2.75) is 0 Å². The van der Waals surface area contributed by atoms with Crippen molar-refractivity contribution < 1.29 is 18.7 Å². The van der Waals surface area contributed by atoms with Crippen LogP contribution in [0.25, 0.3) is 17.5 Å². The summed E-state index contributed by atoms with van der Waals surface area (Å²) in [6.45, 7) is 0. The third-order valence-electron chi connectivity index (χ3n) is 3.27. The van der Waals surface area contributed by atoms with E-state index >= 15 is 0 Å². The lowest BCUT2D eigenvalue weighted by Gasteiger charge is -2.05. The maximum absolute atomic E-state index is 12.0. The maximum Gasteiger partial charge on any atom is 0.336 e. The van der Waals surface area contributed by atoms with Crippen LogP contribution in [-0.2, 0) is 4.79 Å². The predicted octanol–water partition coefficient (Wildman–Crippen LogP) is 4.13. The number of ether oxygens (including phenoxy) is 2. The Morgan fingerprint density at radius 2 is 2.00 bits per heavy atom. The lowest BCUT2D eigenvalue weighted by Crippen LogP contribution is -2.03. The Morgan fingerprint density at radius 3 is 2.68 bits per heavy atom. The first kappa shape index (κ1) is 16.9. The molecule has 2 aromatic carbocycles. The Hall–Kier alpha value is -2.93. The SMILES string of the molecule is COc1ccc(Br)cc1C=CC(=O)Oc1ccc(-c2nnco2)cc1. The van der Waals surface area contributed by atoms with Crippen LogP contribution < -0.4 is 9.47 Å². The van der Waals surface area contributed by atoms with Crippen molar-refractivity contribution in [3.63, 3.8) is 0 Å². The lowest BCUT2D eigenvalue weighted by molar-refractivity contribution is -0.128. The zero-order valence-corrected chi connectivity index (χ0v) is 14.8. The number of nitrogens with zero attached hydrogens (tertiary/aromatic N) is 2. The van der Waals surface area contributed by atoms with Crippen LogP contribution in [0.5, 0.6) is 11.5 Å². The molecule has 0 aliphatic carbocycles. The van der Waals surface area contributed by atoms with Crippen LogP contribution in [0.2, 0.25) is 0 Å². The van der Waals surface area contributed by atoms with Gasteiger partial charge in [0.25, 0.3) is 0 Å². The smallest absolute Gasteiger partial charge is 0.336 e. The molecule has 0 atom stereocenters. The van der Waals surface area contributed by atoms with E-state index in [1.54, 1.807) is 37.5 Å². The fourth-order valence-corrected chi connectivity index (χ4v) is 2.49. The molecule has 3 aromatic rings. The first-order chi connectivity index (χ1) is 12.2. The van der Waals surface area contributed by atoms with E-state index in [9.17, 15) is 4.79 Å². The summed E-state index contributed by atoms with van der Waals surface area (Å²) in [5.74, 6) is 0.988. The third-order valence-corrected chi connectivity index (χ3v) is 3.76. The molecule has 1 heterocycles. The van der Waals surface area contributed by atoms with Crippen molar-refractivity contribution >= 4 is 28.0 Å². The van der Waals surface area contributed by atoms with Crippen LogP contribution in [0, 0.1) is 0 Å². The summed E-state index contributed by atoms with van der Waals surface area (Å²) >= 11 is 3.39. The maximum atomic E-state index is 12.0. The minimum absolute atomic E-state index is 0.402. The monoisotopic (exact) mass is 400 g/mol. The molecule has 3 rings (SSSR count). The molecule has 0 radical (unpaired) electrons. The van der Waals surface area contributed by atoms with Crippen molar-refractivity contribution in [1.29, 1.82) is 0 Å². The van der Waals surface area contributed by atoms with Gasteiger partial charge in [-0.05, 0) is 48.5 Å². The molecule has 7 heteroatoms. The van der Waals surface area contributed by atoms with Gasteiger partial charge in [0.2, 0.25) is 12.3 Å². The number of hydrogen-bond acceptors (Lipinski definition) is 6. The minimum atomic E-state index is -0.493. The van der Waals surface area contributed by atoms with Crippen LogP contribution in [0.4, 0.5) is 0 Å². The van der Waals surface area contributed by atoms with Crippen LogP contribution in [0.15, 0.2) is 63.8 Å². The molecular formula is C18H13BrN2O4. The molecule has 0 saturated carbocycles. The molecule has 6 nitrogen and oxygen atoms in total. The van der Waals surface area contributed by atoms with Crippen molar-refractivity contribution in [3.8, 4) is 23.0 Å². The van der Waals surface area contributed by atoms with Gasteiger partial charge in [-0.2, -0.15) is 0 Å². The molecular weight excluding hydrogens is 388 g/mol. The average molecular weight is 401 g/mol. The van der Waals surface area contributed by atoms with Gasteiger partial charge < -0.3 is 13.9 Å². The highest BCUT2D eigenvalue weighted by atomic mass is 79.9. The number of halogens is 1. The summed E-state index contributed by atoms with van der Waals surface area (Å²) in [6.07, 6.45) is 4.24. The fourth-order valence-electron chi connectivity index (χ4n) is 2.11. The van der Waals surface area contributed by atoms with E-state index in [4.69, 9.17) is 13.9 Å². The number of rotatable bonds is 5. The quantitative estimate of drug-likeness (QED) is 0.364. The lowest BCUT2D eigenvalue weighted by atomic mass is 10.2. The number of carbonyl (C=O) groups is 1. The van der Waals surface area contributed by atoms with Gasteiger partial charge in [0.15, 0.2) is 0 Å². The van der Waals surface area contributed by atoms with Crippen molar-refractivity contribution in [2.24, 2.45) is 0 Å². The van der Waals surface area contributed by atoms with Gasteiger partial charge in [-0.1, -0.05) is 15.9 Å². The topological polar surface area (TPSA) is 74.5 Å². The Labute approximate surface area is 152 Å². The van der Waals surface area contributed by atoms with Crippen LogP contribution >= 0.6 is 15.9 Å². The van der Waals surface area contributed by atoms with Gasteiger partial charge in [-0.15, -0.1) is 10.2 Å². The Bertz CT molecular complexity index is 890. The van der Waals surface area contributed by atoms with Gasteiger partial charge in [-0.3, -0.25) is 0 Å².